The lowest BCUT2D eigenvalue weighted by Gasteiger charge is -2.22. The van der Waals surface area contributed by atoms with E-state index in [-0.39, 0.29) is 0 Å². The summed E-state index contributed by atoms with van der Waals surface area (Å²) in [5.74, 6) is 0. The third kappa shape index (κ3) is 3.06. The minimum Gasteiger partial charge on any atom is -0.390 e. The minimum absolute atomic E-state index is 0.489. The zero-order valence-electron chi connectivity index (χ0n) is 10.1. The van der Waals surface area contributed by atoms with Gasteiger partial charge >= 0.3 is 0 Å². The molecule has 1 heterocycles. The number of hydrogen-bond donors (Lipinski definition) is 2. The fourth-order valence-electron chi connectivity index (χ4n) is 1.77. The Hall–Kier alpha value is -0.390. The molecule has 0 saturated carbocycles. The van der Waals surface area contributed by atoms with Crippen LogP contribution in [0.3, 0.4) is 0 Å². The van der Waals surface area contributed by atoms with Crippen molar-refractivity contribution in [2.24, 2.45) is 12.8 Å². The molecule has 1 aromatic rings. The smallest absolute Gasteiger partial charge is 0.0766 e. The van der Waals surface area contributed by atoms with Crippen molar-refractivity contribution in [2.45, 2.75) is 38.7 Å². The zero-order chi connectivity index (χ0) is 12.3. The molecule has 0 aliphatic rings. The molecule has 0 aliphatic heterocycles. The Balaban J connectivity index is 2.92. The Bertz CT molecular complexity index is 360. The van der Waals surface area contributed by atoms with Crippen molar-refractivity contribution in [1.82, 2.24) is 9.78 Å². The molecule has 5 heteroatoms. The number of halogens is 1. The van der Waals surface area contributed by atoms with Crippen molar-refractivity contribution >= 4 is 15.9 Å². The molecular formula is C11H20BrN3O. The zero-order valence-corrected chi connectivity index (χ0v) is 11.7. The van der Waals surface area contributed by atoms with Crippen LogP contribution in [0.2, 0.25) is 0 Å². The van der Waals surface area contributed by atoms with Gasteiger partial charge in [-0.2, -0.15) is 5.10 Å². The second-order valence-electron chi connectivity index (χ2n) is 4.40. The maximum absolute atomic E-state index is 10.2. The van der Waals surface area contributed by atoms with E-state index in [0.29, 0.717) is 19.4 Å². The van der Waals surface area contributed by atoms with Crippen LogP contribution in [0.5, 0.6) is 0 Å². The van der Waals surface area contributed by atoms with Crippen LogP contribution in [0.15, 0.2) is 4.47 Å². The highest BCUT2D eigenvalue weighted by Crippen LogP contribution is 2.26. The fraction of sp³-hybridized carbons (Fsp3) is 0.727. The van der Waals surface area contributed by atoms with Gasteiger partial charge in [-0.25, -0.2) is 0 Å². The Morgan fingerprint density at radius 1 is 1.56 bits per heavy atom. The number of rotatable bonds is 5. The van der Waals surface area contributed by atoms with Crippen molar-refractivity contribution in [2.75, 3.05) is 6.54 Å². The van der Waals surface area contributed by atoms with Gasteiger partial charge in [0, 0.05) is 13.5 Å². The van der Waals surface area contributed by atoms with E-state index in [4.69, 9.17) is 5.73 Å². The summed E-state index contributed by atoms with van der Waals surface area (Å²) in [6.45, 7) is 4.36. The van der Waals surface area contributed by atoms with Gasteiger partial charge in [-0.3, -0.25) is 4.68 Å². The Labute approximate surface area is 105 Å². The standard InChI is InChI=1S/C11H20BrN3O/c1-4-8-10(12)9(15(3)14-8)7-11(2,16)5-6-13/h16H,4-7,13H2,1-3H3. The van der Waals surface area contributed by atoms with Gasteiger partial charge in [0.1, 0.15) is 0 Å². The summed E-state index contributed by atoms with van der Waals surface area (Å²) >= 11 is 3.54. The number of hydrogen-bond acceptors (Lipinski definition) is 3. The van der Waals surface area contributed by atoms with E-state index in [0.717, 1.165) is 22.3 Å². The van der Waals surface area contributed by atoms with Crippen molar-refractivity contribution in [1.29, 1.82) is 0 Å². The van der Waals surface area contributed by atoms with Crippen molar-refractivity contribution in [3.05, 3.63) is 15.9 Å². The first-order valence-electron chi connectivity index (χ1n) is 5.54. The summed E-state index contributed by atoms with van der Waals surface area (Å²) in [5.41, 5.74) is 6.77. The van der Waals surface area contributed by atoms with E-state index >= 15 is 0 Å². The summed E-state index contributed by atoms with van der Waals surface area (Å²) in [6.07, 6.45) is 2.04. The topological polar surface area (TPSA) is 64.1 Å². The van der Waals surface area contributed by atoms with Crippen LogP contribution in [-0.4, -0.2) is 27.0 Å². The van der Waals surface area contributed by atoms with Gasteiger partial charge in [-0.1, -0.05) is 6.92 Å². The summed E-state index contributed by atoms with van der Waals surface area (Å²) in [4.78, 5) is 0. The van der Waals surface area contributed by atoms with Crippen molar-refractivity contribution in [3.8, 4) is 0 Å². The van der Waals surface area contributed by atoms with Gasteiger partial charge in [0.2, 0.25) is 0 Å². The second-order valence-corrected chi connectivity index (χ2v) is 5.19. The first-order chi connectivity index (χ1) is 7.41. The van der Waals surface area contributed by atoms with Crippen LogP contribution in [0, 0.1) is 0 Å². The van der Waals surface area contributed by atoms with Crippen LogP contribution in [0.25, 0.3) is 0 Å². The van der Waals surface area contributed by atoms with Crippen LogP contribution in [-0.2, 0) is 19.9 Å². The third-order valence-corrected chi connectivity index (χ3v) is 3.65. The summed E-state index contributed by atoms with van der Waals surface area (Å²) in [7, 11) is 1.90. The van der Waals surface area contributed by atoms with Gasteiger partial charge in [0.25, 0.3) is 0 Å². The normalized spacial score (nSPS) is 15.1. The van der Waals surface area contributed by atoms with Gasteiger partial charge in [0.05, 0.1) is 21.5 Å². The molecule has 0 aromatic carbocycles. The van der Waals surface area contributed by atoms with Gasteiger partial charge < -0.3 is 10.8 Å². The van der Waals surface area contributed by atoms with E-state index in [1.807, 2.05) is 18.7 Å². The molecule has 1 aromatic heterocycles. The van der Waals surface area contributed by atoms with E-state index in [9.17, 15) is 5.11 Å². The molecule has 4 nitrogen and oxygen atoms in total. The molecule has 92 valence electrons. The van der Waals surface area contributed by atoms with Crippen LogP contribution < -0.4 is 5.73 Å². The molecular weight excluding hydrogens is 270 g/mol. The van der Waals surface area contributed by atoms with Gasteiger partial charge in [0.15, 0.2) is 0 Å². The quantitative estimate of drug-likeness (QED) is 0.861. The predicted molar refractivity (Wildman–Crippen MR) is 68.3 cm³/mol. The highest BCUT2D eigenvalue weighted by atomic mass is 79.9. The molecule has 1 unspecified atom stereocenters. The van der Waals surface area contributed by atoms with E-state index < -0.39 is 5.60 Å². The number of nitrogens with two attached hydrogens (primary N) is 1. The predicted octanol–water partition coefficient (Wildman–Crippen LogP) is 1.39. The van der Waals surface area contributed by atoms with Gasteiger partial charge in [-0.15, -0.1) is 0 Å². The second kappa shape index (κ2) is 5.29. The van der Waals surface area contributed by atoms with E-state index in [2.05, 4.69) is 28.0 Å². The minimum atomic E-state index is -0.768. The molecule has 1 atom stereocenters. The largest absolute Gasteiger partial charge is 0.390 e. The number of nitrogens with zero attached hydrogens (tertiary/aromatic N) is 2. The summed E-state index contributed by atoms with van der Waals surface area (Å²) in [5, 5.41) is 14.6. The first kappa shape index (κ1) is 13.7. The average molecular weight is 290 g/mol. The maximum atomic E-state index is 10.2. The fourth-order valence-corrected chi connectivity index (χ4v) is 2.53. The molecule has 0 aliphatic carbocycles. The molecule has 0 saturated heterocycles. The molecule has 0 spiro atoms. The lowest BCUT2D eigenvalue weighted by atomic mass is 9.96. The Morgan fingerprint density at radius 3 is 2.62 bits per heavy atom. The molecule has 3 N–H and O–H groups in total. The number of aromatic nitrogens is 2. The van der Waals surface area contributed by atoms with Crippen molar-refractivity contribution < 1.29 is 5.11 Å². The number of aryl methyl sites for hydroxylation is 2. The van der Waals surface area contributed by atoms with E-state index in [1.54, 1.807) is 0 Å². The lowest BCUT2D eigenvalue weighted by Crippen LogP contribution is -2.31. The van der Waals surface area contributed by atoms with E-state index in [1.165, 1.54) is 0 Å². The Kier molecular flexibility index (Phi) is 4.52. The third-order valence-electron chi connectivity index (χ3n) is 2.73. The average Bonchev–Trinajstić information content (AvgIpc) is 2.45. The monoisotopic (exact) mass is 289 g/mol. The summed E-state index contributed by atoms with van der Waals surface area (Å²) < 4.78 is 2.84. The molecule has 16 heavy (non-hydrogen) atoms. The highest BCUT2D eigenvalue weighted by Gasteiger charge is 2.24. The number of aliphatic hydroxyl groups is 1. The molecule has 0 bridgehead atoms. The van der Waals surface area contributed by atoms with Crippen molar-refractivity contribution in [3.63, 3.8) is 0 Å². The van der Waals surface area contributed by atoms with Crippen LogP contribution in [0.1, 0.15) is 31.7 Å². The molecule has 0 fully saturated rings. The molecule has 0 amide bonds. The maximum Gasteiger partial charge on any atom is 0.0766 e. The van der Waals surface area contributed by atoms with Gasteiger partial charge in [-0.05, 0) is 42.2 Å². The lowest BCUT2D eigenvalue weighted by molar-refractivity contribution is 0.0518. The molecule has 1 rings (SSSR count). The Morgan fingerprint density at radius 2 is 2.19 bits per heavy atom. The highest BCUT2D eigenvalue weighted by molar-refractivity contribution is 9.10. The molecule has 0 radical (unpaired) electrons. The SMILES string of the molecule is CCc1nn(C)c(CC(C)(O)CCN)c1Br. The summed E-state index contributed by atoms with van der Waals surface area (Å²) in [6, 6.07) is 0. The first-order valence-corrected chi connectivity index (χ1v) is 6.33. The van der Waals surface area contributed by atoms with Crippen LogP contribution in [0.4, 0.5) is 0 Å². The van der Waals surface area contributed by atoms with Crippen LogP contribution >= 0.6 is 15.9 Å².